The zero-order chi connectivity index (χ0) is 30.4. The number of fused-ring (bicyclic) bond motifs is 2. The Morgan fingerprint density at radius 2 is 1.86 bits per heavy atom. The Balaban J connectivity index is 1.53. The molecule has 0 amide bonds. The summed E-state index contributed by atoms with van der Waals surface area (Å²) in [7, 11) is 0. The van der Waals surface area contributed by atoms with Gasteiger partial charge in [0.1, 0.15) is 29.8 Å². The molecule has 0 aromatic rings. The van der Waals surface area contributed by atoms with Crippen LogP contribution in [0.3, 0.4) is 0 Å². The highest BCUT2D eigenvalue weighted by molar-refractivity contribution is 5.78. The number of aliphatic hydroxyl groups excluding tert-OH is 2. The molecule has 3 saturated heterocycles. The lowest BCUT2D eigenvalue weighted by Gasteiger charge is -2.51. The van der Waals surface area contributed by atoms with Crippen molar-refractivity contribution in [3.8, 4) is 0 Å². The highest BCUT2D eigenvalue weighted by atomic mass is 16.7. The van der Waals surface area contributed by atoms with Crippen molar-refractivity contribution in [2.45, 2.75) is 128 Å². The van der Waals surface area contributed by atoms with Gasteiger partial charge in [0.05, 0.1) is 24.9 Å². The van der Waals surface area contributed by atoms with E-state index in [1.807, 2.05) is 26.0 Å². The summed E-state index contributed by atoms with van der Waals surface area (Å²) in [6.07, 6.45) is 9.73. The molecule has 0 aromatic carbocycles. The van der Waals surface area contributed by atoms with Gasteiger partial charge in [-0.05, 0) is 55.2 Å². The minimum absolute atomic E-state index is 0.0404. The molecule has 8 nitrogen and oxygen atoms in total. The smallest absolute Gasteiger partial charge is 0.316 e. The molecule has 2 bridgehead atoms. The number of carbonyl (C=O) groups is 1. The SMILES string of the molecule is CC[C@H](C)[C@H]1O[C@]2(CC[C@@H]1C)C[C@@H]1C[C@@H](C/C=C(/C)[C@@H](O)[C@@H](C)/C=C\C=C3CO[C@@H]4[C@H](O)C(C)=C[C@@H](C(=O)O1)[C@]34O)O2. The van der Waals surface area contributed by atoms with Crippen LogP contribution < -0.4 is 0 Å². The van der Waals surface area contributed by atoms with E-state index in [0.717, 1.165) is 18.4 Å². The molecule has 234 valence electrons. The summed E-state index contributed by atoms with van der Waals surface area (Å²) in [4.78, 5) is 14.0. The average Bonchev–Trinajstić information content (AvgIpc) is 3.30. The summed E-state index contributed by atoms with van der Waals surface area (Å²) in [5.74, 6) is -1.88. The van der Waals surface area contributed by atoms with Gasteiger partial charge in [-0.25, -0.2) is 0 Å². The molecule has 12 atom stereocenters. The van der Waals surface area contributed by atoms with Gasteiger partial charge in [0, 0.05) is 25.2 Å². The minimum Gasteiger partial charge on any atom is -0.462 e. The third kappa shape index (κ3) is 5.83. The van der Waals surface area contributed by atoms with Gasteiger partial charge in [-0.2, -0.15) is 0 Å². The van der Waals surface area contributed by atoms with E-state index in [9.17, 15) is 20.1 Å². The topological polar surface area (TPSA) is 115 Å². The average molecular weight is 587 g/mol. The molecule has 1 aliphatic carbocycles. The van der Waals surface area contributed by atoms with Crippen molar-refractivity contribution in [1.29, 1.82) is 0 Å². The Labute approximate surface area is 250 Å². The van der Waals surface area contributed by atoms with Gasteiger partial charge >= 0.3 is 5.97 Å². The number of rotatable bonds is 2. The van der Waals surface area contributed by atoms with Crippen molar-refractivity contribution in [3.05, 3.63) is 47.1 Å². The number of allylic oxidation sites excluding steroid dienone is 2. The first kappa shape index (κ1) is 31.6. The van der Waals surface area contributed by atoms with E-state index >= 15 is 0 Å². The summed E-state index contributed by atoms with van der Waals surface area (Å²) in [6.45, 7) is 12.3. The van der Waals surface area contributed by atoms with Gasteiger partial charge < -0.3 is 34.3 Å². The highest BCUT2D eigenvalue weighted by Gasteiger charge is 2.60. The molecule has 3 fully saturated rings. The third-order valence-electron chi connectivity index (χ3n) is 10.5. The molecule has 0 unspecified atom stereocenters. The van der Waals surface area contributed by atoms with Crippen molar-refractivity contribution in [1.82, 2.24) is 0 Å². The first-order valence-corrected chi connectivity index (χ1v) is 15.9. The van der Waals surface area contributed by atoms with Crippen LogP contribution in [0.1, 0.15) is 80.1 Å². The fraction of sp³-hybridized carbons (Fsp3) is 0.735. The molecule has 4 heterocycles. The maximum atomic E-state index is 14.0. The predicted octanol–water partition coefficient (Wildman–Crippen LogP) is 4.53. The third-order valence-corrected chi connectivity index (χ3v) is 10.5. The molecular formula is C34H50O8. The van der Waals surface area contributed by atoms with E-state index in [1.165, 1.54) is 0 Å². The largest absolute Gasteiger partial charge is 0.462 e. The van der Waals surface area contributed by atoms with Gasteiger partial charge in [-0.1, -0.05) is 64.5 Å². The summed E-state index contributed by atoms with van der Waals surface area (Å²) in [5.41, 5.74) is 0.156. The second kappa shape index (κ2) is 12.3. The van der Waals surface area contributed by atoms with Crippen LogP contribution in [0.2, 0.25) is 0 Å². The van der Waals surface area contributed by atoms with E-state index in [2.05, 4.69) is 20.8 Å². The molecule has 5 rings (SSSR count). The molecule has 42 heavy (non-hydrogen) atoms. The van der Waals surface area contributed by atoms with Crippen molar-refractivity contribution < 1.29 is 39.1 Å². The van der Waals surface area contributed by atoms with Crippen molar-refractivity contribution in [2.24, 2.45) is 23.7 Å². The molecule has 8 heteroatoms. The highest BCUT2D eigenvalue weighted by Crippen LogP contribution is 2.47. The van der Waals surface area contributed by atoms with Crippen molar-refractivity contribution in [3.63, 3.8) is 0 Å². The van der Waals surface area contributed by atoms with Crippen LogP contribution >= 0.6 is 0 Å². The zero-order valence-electron chi connectivity index (χ0n) is 26.0. The Kier molecular flexibility index (Phi) is 9.25. The lowest BCUT2D eigenvalue weighted by Crippen LogP contribution is -2.58. The van der Waals surface area contributed by atoms with Crippen molar-refractivity contribution >= 4 is 5.97 Å². The van der Waals surface area contributed by atoms with E-state index in [0.29, 0.717) is 48.7 Å². The monoisotopic (exact) mass is 586 g/mol. The fourth-order valence-corrected chi connectivity index (χ4v) is 7.55. The van der Waals surface area contributed by atoms with Crippen LogP contribution in [0, 0.1) is 23.7 Å². The van der Waals surface area contributed by atoms with Crippen LogP contribution in [0.4, 0.5) is 0 Å². The van der Waals surface area contributed by atoms with E-state index in [1.54, 1.807) is 25.2 Å². The zero-order valence-corrected chi connectivity index (χ0v) is 26.0. The van der Waals surface area contributed by atoms with Gasteiger partial charge in [-0.15, -0.1) is 0 Å². The number of esters is 1. The summed E-state index contributed by atoms with van der Waals surface area (Å²) >= 11 is 0. The van der Waals surface area contributed by atoms with Crippen LogP contribution in [0.25, 0.3) is 0 Å². The summed E-state index contributed by atoms with van der Waals surface area (Å²) < 4.78 is 25.7. The standard InChI is InChI=1S/C34H50O8/c1-7-19(2)30-22(5)13-14-33(42-30)17-26-16-25(41-33)12-11-21(4)28(35)20(3)9-8-10-24-18-39-31-29(36)23(6)15-27(32(37)40-26)34(24,31)38/h8-11,15,19-20,22,25-31,35-36,38H,7,12-14,16-18H2,1-6H3/b9-8-,21-11-,24-10?/t19-,20-,22-,25+,26-,27-,28-,29+,30+,31+,33+,34+/m0/s1. The number of hydrogen-bond donors (Lipinski definition) is 3. The summed E-state index contributed by atoms with van der Waals surface area (Å²) in [5, 5.41) is 34.0. The lowest BCUT2D eigenvalue weighted by atomic mass is 9.71. The number of carbonyl (C=O) groups excluding carboxylic acids is 1. The van der Waals surface area contributed by atoms with Crippen LogP contribution in [-0.4, -0.2) is 75.9 Å². The van der Waals surface area contributed by atoms with Crippen LogP contribution in [-0.2, 0) is 23.7 Å². The van der Waals surface area contributed by atoms with Gasteiger partial charge in [0.2, 0.25) is 0 Å². The van der Waals surface area contributed by atoms with Crippen LogP contribution in [0.15, 0.2) is 47.1 Å². The molecule has 5 aliphatic rings. The summed E-state index contributed by atoms with van der Waals surface area (Å²) in [6, 6.07) is 0. The minimum atomic E-state index is -1.75. The predicted molar refractivity (Wildman–Crippen MR) is 158 cm³/mol. The number of ether oxygens (including phenoxy) is 4. The van der Waals surface area contributed by atoms with Crippen molar-refractivity contribution in [2.75, 3.05) is 6.61 Å². The lowest BCUT2D eigenvalue weighted by molar-refractivity contribution is -0.340. The molecular weight excluding hydrogens is 536 g/mol. The van der Waals surface area contributed by atoms with E-state index in [4.69, 9.17) is 18.9 Å². The second-order valence-electron chi connectivity index (χ2n) is 13.6. The van der Waals surface area contributed by atoms with E-state index in [-0.39, 0.29) is 24.7 Å². The Bertz CT molecular complexity index is 1140. The maximum absolute atomic E-state index is 14.0. The second-order valence-corrected chi connectivity index (χ2v) is 13.6. The first-order valence-electron chi connectivity index (χ1n) is 15.9. The van der Waals surface area contributed by atoms with Crippen LogP contribution in [0.5, 0.6) is 0 Å². The fourth-order valence-electron chi connectivity index (χ4n) is 7.55. The quantitative estimate of drug-likeness (QED) is 0.320. The Hall–Kier alpha value is -1.81. The Morgan fingerprint density at radius 3 is 2.60 bits per heavy atom. The van der Waals surface area contributed by atoms with Gasteiger partial charge in [0.25, 0.3) is 0 Å². The molecule has 0 aromatic heterocycles. The molecule has 0 saturated carbocycles. The molecule has 1 spiro atoms. The number of hydrogen-bond acceptors (Lipinski definition) is 8. The molecule has 4 aliphatic heterocycles. The maximum Gasteiger partial charge on any atom is 0.316 e. The normalized spacial score (nSPS) is 47.4. The van der Waals surface area contributed by atoms with Gasteiger partial charge in [0.15, 0.2) is 5.79 Å². The Morgan fingerprint density at radius 1 is 1.10 bits per heavy atom. The van der Waals surface area contributed by atoms with E-state index < -0.39 is 47.7 Å². The first-order chi connectivity index (χ1) is 19.9. The van der Waals surface area contributed by atoms with Gasteiger partial charge in [-0.3, -0.25) is 4.79 Å². The molecule has 0 radical (unpaired) electrons. The molecule has 3 N–H and O–H groups in total. The number of aliphatic hydroxyl groups is 3.